The van der Waals surface area contributed by atoms with Crippen LogP contribution in [-0.4, -0.2) is 123 Å². The van der Waals surface area contributed by atoms with Crippen LogP contribution in [0.3, 0.4) is 0 Å². The molecule has 1 heterocycles. The minimum atomic E-state index is -0.804. The van der Waals surface area contributed by atoms with Gasteiger partial charge in [0.25, 0.3) is 0 Å². The van der Waals surface area contributed by atoms with Crippen LogP contribution in [0.2, 0.25) is 0 Å². The second kappa shape index (κ2) is 16.6. The Bertz CT molecular complexity index is 910. The minimum absolute atomic E-state index is 0.0128. The van der Waals surface area contributed by atoms with Gasteiger partial charge in [-0.25, -0.2) is 0 Å². The number of nitrogens with one attached hydrogen (secondary N) is 1. The second-order valence-electron chi connectivity index (χ2n) is 12.8. The van der Waals surface area contributed by atoms with Gasteiger partial charge in [0.1, 0.15) is 6.04 Å². The third-order valence-electron chi connectivity index (χ3n) is 9.31. The lowest BCUT2D eigenvalue weighted by atomic mass is 9.89. The Morgan fingerprint density at radius 3 is 2.05 bits per heavy atom. The molecule has 1 fully saturated rings. The Kier molecular flexibility index (Phi) is 14.9. The van der Waals surface area contributed by atoms with E-state index in [2.05, 4.69) is 5.32 Å². The van der Waals surface area contributed by atoms with E-state index in [0.717, 1.165) is 19.3 Å². The summed E-state index contributed by atoms with van der Waals surface area (Å²) < 4.78 is 16.6. The summed E-state index contributed by atoms with van der Waals surface area (Å²) in [6.07, 6.45) is 1.26. The zero-order chi connectivity index (χ0) is 32.5. The number of rotatable bonds is 16. The first-order chi connectivity index (χ1) is 19.5. The fraction of sp³-hybridized carbons (Fsp3) is 0.871. The Balaban J connectivity index is 3.26. The molecule has 1 N–H and O–H groups in total. The van der Waals surface area contributed by atoms with Crippen molar-refractivity contribution in [2.24, 2.45) is 17.8 Å². The molecule has 1 rings (SSSR count). The molecular weight excluding hydrogens is 540 g/mol. The van der Waals surface area contributed by atoms with Crippen molar-refractivity contribution >= 4 is 23.7 Å². The average molecular weight is 599 g/mol. The summed E-state index contributed by atoms with van der Waals surface area (Å²) in [5.41, 5.74) is -0.804. The number of likely N-dealkylation sites (N-methyl/N-ethyl adjacent to an activating group) is 2. The number of likely N-dealkylation sites (tertiary alicyclic amines) is 1. The SMILES string of the molecule is CC[C@H](C)[C@@H]([C@@H](CC(=O)N1CCC[C@H]1[C@H](OC)[C@@H](C)C(=O)OC)OC)N(C)C(=O)[C@@H](NC(=O)C(C)(C)N(C)C)C(C)C. The highest BCUT2D eigenvalue weighted by Gasteiger charge is 2.43. The van der Waals surface area contributed by atoms with Gasteiger partial charge in [0, 0.05) is 27.8 Å². The first kappa shape index (κ1) is 37.8. The quantitative estimate of drug-likeness (QED) is 0.270. The van der Waals surface area contributed by atoms with E-state index < -0.39 is 35.7 Å². The van der Waals surface area contributed by atoms with Gasteiger partial charge >= 0.3 is 5.97 Å². The first-order valence-corrected chi connectivity index (χ1v) is 15.2. The zero-order valence-corrected chi connectivity index (χ0v) is 28.4. The van der Waals surface area contributed by atoms with Gasteiger partial charge in [0.05, 0.1) is 49.3 Å². The molecule has 1 aliphatic rings. The number of carbonyl (C=O) groups is 4. The van der Waals surface area contributed by atoms with Crippen molar-refractivity contribution in [2.75, 3.05) is 49.0 Å². The maximum Gasteiger partial charge on any atom is 0.311 e. The van der Waals surface area contributed by atoms with Gasteiger partial charge in [-0.15, -0.1) is 0 Å². The average Bonchev–Trinajstić information content (AvgIpc) is 3.43. The molecule has 1 saturated heterocycles. The second-order valence-corrected chi connectivity index (χ2v) is 12.8. The first-order valence-electron chi connectivity index (χ1n) is 15.2. The number of carbonyl (C=O) groups excluding carboxylic acids is 4. The molecule has 7 atom stereocenters. The maximum atomic E-state index is 14.0. The molecule has 0 spiro atoms. The van der Waals surface area contributed by atoms with E-state index in [1.54, 1.807) is 38.0 Å². The summed E-state index contributed by atoms with van der Waals surface area (Å²) in [5.74, 6) is -1.63. The molecule has 0 unspecified atom stereocenters. The highest BCUT2D eigenvalue weighted by Crippen LogP contribution is 2.29. The van der Waals surface area contributed by atoms with E-state index in [1.165, 1.54) is 7.11 Å². The topological polar surface area (TPSA) is 118 Å². The van der Waals surface area contributed by atoms with Gasteiger partial charge in [-0.05, 0) is 59.5 Å². The van der Waals surface area contributed by atoms with E-state index in [-0.39, 0.29) is 48.0 Å². The Hall–Kier alpha value is -2.24. The van der Waals surface area contributed by atoms with Gasteiger partial charge in [0.2, 0.25) is 17.7 Å². The molecule has 0 aromatic carbocycles. The Morgan fingerprint density at radius 1 is 1.00 bits per heavy atom. The van der Waals surface area contributed by atoms with Crippen molar-refractivity contribution in [1.29, 1.82) is 0 Å². The van der Waals surface area contributed by atoms with E-state index in [9.17, 15) is 19.2 Å². The zero-order valence-electron chi connectivity index (χ0n) is 28.4. The predicted molar refractivity (Wildman–Crippen MR) is 163 cm³/mol. The van der Waals surface area contributed by atoms with Crippen LogP contribution in [0, 0.1) is 17.8 Å². The smallest absolute Gasteiger partial charge is 0.311 e. The van der Waals surface area contributed by atoms with Gasteiger partial charge < -0.3 is 29.3 Å². The number of nitrogens with zero attached hydrogens (tertiary/aromatic N) is 3. The summed E-state index contributed by atoms with van der Waals surface area (Å²) in [5, 5.41) is 2.98. The molecule has 244 valence electrons. The van der Waals surface area contributed by atoms with Crippen LogP contribution in [0.1, 0.15) is 74.1 Å². The molecule has 0 saturated carbocycles. The molecule has 0 bridgehead atoms. The molecule has 0 aliphatic carbocycles. The van der Waals surface area contributed by atoms with Crippen molar-refractivity contribution in [3.05, 3.63) is 0 Å². The third kappa shape index (κ3) is 8.89. The van der Waals surface area contributed by atoms with Crippen LogP contribution >= 0.6 is 0 Å². The number of amides is 3. The number of hydrogen-bond donors (Lipinski definition) is 1. The Morgan fingerprint density at radius 2 is 1.60 bits per heavy atom. The van der Waals surface area contributed by atoms with E-state index >= 15 is 0 Å². The molecular formula is C31H58N4O7. The summed E-state index contributed by atoms with van der Waals surface area (Å²) >= 11 is 0. The van der Waals surface area contributed by atoms with Gasteiger partial charge in [0.15, 0.2) is 0 Å². The normalized spacial score (nSPS) is 20.1. The number of esters is 1. The van der Waals surface area contributed by atoms with Crippen LogP contribution in [0.5, 0.6) is 0 Å². The third-order valence-corrected chi connectivity index (χ3v) is 9.31. The summed E-state index contributed by atoms with van der Waals surface area (Å²) in [4.78, 5) is 58.5. The Labute approximate surface area is 253 Å². The van der Waals surface area contributed by atoms with Gasteiger partial charge in [-0.2, -0.15) is 0 Å². The molecule has 0 radical (unpaired) electrons. The number of ether oxygens (including phenoxy) is 3. The largest absolute Gasteiger partial charge is 0.469 e. The van der Waals surface area contributed by atoms with Crippen molar-refractivity contribution in [2.45, 2.75) is 110 Å². The summed E-state index contributed by atoms with van der Waals surface area (Å²) in [6.45, 7) is 13.8. The van der Waals surface area contributed by atoms with Gasteiger partial charge in [-0.1, -0.05) is 34.1 Å². The molecule has 11 heteroatoms. The van der Waals surface area contributed by atoms with Crippen LogP contribution in [-0.2, 0) is 33.4 Å². The van der Waals surface area contributed by atoms with Gasteiger partial charge in [-0.3, -0.25) is 24.1 Å². The van der Waals surface area contributed by atoms with E-state index in [0.29, 0.717) is 6.54 Å². The molecule has 0 aromatic rings. The molecule has 11 nitrogen and oxygen atoms in total. The number of methoxy groups -OCH3 is 3. The van der Waals surface area contributed by atoms with Crippen LogP contribution in [0.15, 0.2) is 0 Å². The summed E-state index contributed by atoms with van der Waals surface area (Å²) in [6, 6.07) is -1.42. The van der Waals surface area contributed by atoms with Crippen molar-refractivity contribution in [3.8, 4) is 0 Å². The van der Waals surface area contributed by atoms with Crippen LogP contribution in [0.25, 0.3) is 0 Å². The summed E-state index contributed by atoms with van der Waals surface area (Å²) in [7, 11) is 9.83. The fourth-order valence-corrected chi connectivity index (χ4v) is 5.73. The van der Waals surface area contributed by atoms with E-state index in [1.807, 2.05) is 60.5 Å². The van der Waals surface area contributed by atoms with Crippen molar-refractivity contribution in [1.82, 2.24) is 20.0 Å². The van der Waals surface area contributed by atoms with Crippen molar-refractivity contribution < 1.29 is 33.4 Å². The standard InChI is InChI=1S/C31H58N4O7/c1-14-20(4)26(34(10)28(37)25(19(2)3)32-30(39)31(6,7)33(8)9)23(40-11)18-24(36)35-17-15-16-22(35)27(41-12)21(5)29(38)42-13/h19-23,25-27H,14-18H2,1-13H3,(H,32,39)/t20-,21+,22-,23+,25-,26-,27+/m0/s1. The van der Waals surface area contributed by atoms with Crippen LogP contribution in [0.4, 0.5) is 0 Å². The lowest BCUT2D eigenvalue weighted by Gasteiger charge is -2.41. The molecule has 1 aliphatic heterocycles. The van der Waals surface area contributed by atoms with Crippen LogP contribution < -0.4 is 5.32 Å². The maximum absolute atomic E-state index is 14.0. The minimum Gasteiger partial charge on any atom is -0.469 e. The lowest BCUT2D eigenvalue weighted by Crippen LogP contribution is -2.61. The molecule has 0 aromatic heterocycles. The molecule has 3 amide bonds. The van der Waals surface area contributed by atoms with E-state index in [4.69, 9.17) is 14.2 Å². The monoisotopic (exact) mass is 598 g/mol. The number of hydrogen-bond acceptors (Lipinski definition) is 8. The van der Waals surface area contributed by atoms with Crippen molar-refractivity contribution in [3.63, 3.8) is 0 Å². The molecule has 42 heavy (non-hydrogen) atoms. The highest BCUT2D eigenvalue weighted by atomic mass is 16.5. The highest BCUT2D eigenvalue weighted by molar-refractivity contribution is 5.92. The fourth-order valence-electron chi connectivity index (χ4n) is 5.73. The lowest BCUT2D eigenvalue weighted by molar-refractivity contribution is -0.154. The predicted octanol–water partition coefficient (Wildman–Crippen LogP) is 2.56.